The Labute approximate surface area is 156 Å². The van der Waals surface area contributed by atoms with Gasteiger partial charge >= 0.3 is 0 Å². The molecule has 2 aromatic heterocycles. The average molecular weight is 367 g/mol. The Hall–Kier alpha value is -2.51. The van der Waals surface area contributed by atoms with E-state index in [2.05, 4.69) is 25.4 Å². The molecule has 2 N–H and O–H groups in total. The van der Waals surface area contributed by atoms with Gasteiger partial charge in [-0.2, -0.15) is 5.10 Å². The van der Waals surface area contributed by atoms with Gasteiger partial charge in [0.15, 0.2) is 0 Å². The number of hydrogen-bond donors (Lipinski definition) is 2. The number of hydrogen-bond acceptors (Lipinski definition) is 5. The fraction of sp³-hybridized carbons (Fsp3) is 0.316. The topological polar surface area (TPSA) is 73.9 Å². The highest BCUT2D eigenvalue weighted by molar-refractivity contribution is 7.09. The predicted octanol–water partition coefficient (Wildman–Crippen LogP) is 3.38. The molecule has 1 atom stereocenters. The molecule has 1 aromatic carbocycles. The lowest BCUT2D eigenvalue weighted by Crippen LogP contribution is -2.40. The van der Waals surface area contributed by atoms with Crippen LogP contribution in [0.3, 0.4) is 0 Å². The first kappa shape index (κ1) is 16.9. The van der Waals surface area contributed by atoms with Crippen molar-refractivity contribution >= 4 is 22.9 Å². The molecule has 1 amide bonds. The van der Waals surface area contributed by atoms with Gasteiger partial charge in [0, 0.05) is 30.0 Å². The van der Waals surface area contributed by atoms with Crippen molar-refractivity contribution < 1.29 is 4.79 Å². The van der Waals surface area contributed by atoms with Gasteiger partial charge in [-0.05, 0) is 43.1 Å². The van der Waals surface area contributed by atoms with Crippen LogP contribution < -0.4 is 5.32 Å². The molecule has 1 aliphatic rings. The highest BCUT2D eigenvalue weighted by Crippen LogP contribution is 2.23. The van der Waals surface area contributed by atoms with E-state index < -0.39 is 0 Å². The summed E-state index contributed by atoms with van der Waals surface area (Å²) >= 11 is 1.67. The minimum Gasteiger partial charge on any atom is -0.326 e. The summed E-state index contributed by atoms with van der Waals surface area (Å²) < 4.78 is 0. The van der Waals surface area contributed by atoms with Gasteiger partial charge in [-0.15, -0.1) is 11.3 Å². The van der Waals surface area contributed by atoms with Gasteiger partial charge in [0.2, 0.25) is 5.91 Å². The number of nitrogens with zero attached hydrogens (tertiary/aromatic N) is 3. The van der Waals surface area contributed by atoms with Crippen molar-refractivity contribution in [3.63, 3.8) is 0 Å². The average Bonchev–Trinajstić information content (AvgIpc) is 3.36. The molecule has 1 unspecified atom stereocenters. The highest BCUT2D eigenvalue weighted by atomic mass is 32.1. The molecule has 7 heteroatoms. The standard InChI is InChI=1S/C19H21N5OS/c25-19(15-2-1-10-24(12-15)13-18-20-9-11-26-18)22-16-5-3-14(4-6-16)17-7-8-21-23-17/h3-9,11,15H,1-2,10,12-13H2,(H,21,23)(H,22,25). The summed E-state index contributed by atoms with van der Waals surface area (Å²) in [7, 11) is 0. The van der Waals surface area contributed by atoms with Crippen molar-refractivity contribution in [2.75, 3.05) is 18.4 Å². The van der Waals surface area contributed by atoms with Gasteiger partial charge in [0.25, 0.3) is 0 Å². The molecule has 3 heterocycles. The van der Waals surface area contributed by atoms with E-state index in [-0.39, 0.29) is 11.8 Å². The number of likely N-dealkylation sites (tertiary alicyclic amines) is 1. The van der Waals surface area contributed by atoms with Gasteiger partial charge in [-0.3, -0.25) is 14.8 Å². The summed E-state index contributed by atoms with van der Waals surface area (Å²) in [5.74, 6) is 0.124. The summed E-state index contributed by atoms with van der Waals surface area (Å²) in [6.45, 7) is 2.65. The van der Waals surface area contributed by atoms with Crippen molar-refractivity contribution in [2.45, 2.75) is 19.4 Å². The first-order valence-electron chi connectivity index (χ1n) is 8.79. The third-order valence-corrected chi connectivity index (χ3v) is 5.45. The Bertz CT molecular complexity index is 829. The number of rotatable bonds is 5. The molecule has 6 nitrogen and oxygen atoms in total. The predicted molar refractivity (Wildman–Crippen MR) is 103 cm³/mol. The molecule has 3 aromatic rings. The number of amides is 1. The van der Waals surface area contributed by atoms with Crippen molar-refractivity contribution in [3.8, 4) is 11.3 Å². The van der Waals surface area contributed by atoms with Crippen molar-refractivity contribution in [3.05, 3.63) is 53.1 Å². The third-order valence-electron chi connectivity index (χ3n) is 4.68. The number of aromatic amines is 1. The van der Waals surface area contributed by atoms with E-state index in [0.717, 1.165) is 54.4 Å². The minimum atomic E-state index is 0.0241. The Morgan fingerprint density at radius 2 is 2.15 bits per heavy atom. The van der Waals surface area contributed by atoms with Gasteiger partial charge < -0.3 is 5.32 Å². The third kappa shape index (κ3) is 4.00. The smallest absolute Gasteiger partial charge is 0.228 e. The Kier molecular flexibility index (Phi) is 5.08. The van der Waals surface area contributed by atoms with Crippen LogP contribution in [0.25, 0.3) is 11.3 Å². The van der Waals surface area contributed by atoms with E-state index in [0.29, 0.717) is 0 Å². The number of nitrogens with one attached hydrogen (secondary N) is 2. The fourth-order valence-corrected chi connectivity index (χ4v) is 3.99. The van der Waals surface area contributed by atoms with E-state index in [9.17, 15) is 4.79 Å². The zero-order valence-corrected chi connectivity index (χ0v) is 15.2. The SMILES string of the molecule is O=C(Nc1ccc(-c2ccn[nH]2)cc1)C1CCCN(Cc2nccs2)C1. The second-order valence-electron chi connectivity index (χ2n) is 6.54. The molecule has 134 valence electrons. The summed E-state index contributed by atoms with van der Waals surface area (Å²) in [4.78, 5) is 19.3. The maximum Gasteiger partial charge on any atom is 0.228 e. The number of benzene rings is 1. The summed E-state index contributed by atoms with van der Waals surface area (Å²) in [5, 5.41) is 13.1. The molecule has 1 aliphatic heterocycles. The Morgan fingerprint density at radius 1 is 1.27 bits per heavy atom. The number of piperidine rings is 1. The van der Waals surface area contributed by atoms with Gasteiger partial charge in [0.05, 0.1) is 18.2 Å². The van der Waals surface area contributed by atoms with Crippen LogP contribution in [0.2, 0.25) is 0 Å². The first-order valence-corrected chi connectivity index (χ1v) is 9.67. The summed E-state index contributed by atoms with van der Waals surface area (Å²) in [5.41, 5.74) is 2.84. The molecule has 0 spiro atoms. The number of thiazole rings is 1. The van der Waals surface area contributed by atoms with Crippen molar-refractivity contribution in [2.24, 2.45) is 5.92 Å². The quantitative estimate of drug-likeness (QED) is 0.725. The number of carbonyl (C=O) groups is 1. The molecular weight excluding hydrogens is 346 g/mol. The zero-order valence-electron chi connectivity index (χ0n) is 14.4. The van der Waals surface area contributed by atoms with Crippen LogP contribution in [0, 0.1) is 5.92 Å². The van der Waals surface area contributed by atoms with Crippen molar-refractivity contribution in [1.82, 2.24) is 20.1 Å². The maximum atomic E-state index is 12.7. The monoisotopic (exact) mass is 367 g/mol. The Balaban J connectivity index is 1.35. The first-order chi connectivity index (χ1) is 12.8. The van der Waals surface area contributed by atoms with E-state index in [1.807, 2.05) is 41.9 Å². The van der Waals surface area contributed by atoms with E-state index in [4.69, 9.17) is 0 Å². The normalized spacial score (nSPS) is 17.9. The van der Waals surface area contributed by atoms with E-state index in [1.165, 1.54) is 0 Å². The lowest BCUT2D eigenvalue weighted by atomic mass is 9.97. The highest BCUT2D eigenvalue weighted by Gasteiger charge is 2.26. The molecule has 4 rings (SSSR count). The van der Waals surface area contributed by atoms with Gasteiger partial charge in [-0.1, -0.05) is 12.1 Å². The zero-order chi connectivity index (χ0) is 17.8. The number of aromatic nitrogens is 3. The van der Waals surface area contributed by atoms with Crippen LogP contribution >= 0.6 is 11.3 Å². The van der Waals surface area contributed by atoms with Crippen LogP contribution in [-0.2, 0) is 11.3 Å². The maximum absolute atomic E-state index is 12.7. The molecule has 0 radical (unpaired) electrons. The minimum absolute atomic E-state index is 0.0241. The van der Waals surface area contributed by atoms with Gasteiger partial charge in [0.1, 0.15) is 5.01 Å². The Morgan fingerprint density at radius 3 is 2.88 bits per heavy atom. The number of anilines is 1. The molecule has 0 saturated carbocycles. The second-order valence-corrected chi connectivity index (χ2v) is 7.52. The fourth-order valence-electron chi connectivity index (χ4n) is 3.33. The molecule has 1 fully saturated rings. The van der Waals surface area contributed by atoms with Crippen LogP contribution in [0.1, 0.15) is 17.8 Å². The molecule has 0 bridgehead atoms. The molecule has 1 saturated heterocycles. The molecule has 26 heavy (non-hydrogen) atoms. The van der Waals surface area contributed by atoms with Crippen LogP contribution in [-0.4, -0.2) is 39.1 Å². The number of H-pyrrole nitrogens is 1. The van der Waals surface area contributed by atoms with Crippen LogP contribution in [0.15, 0.2) is 48.1 Å². The van der Waals surface area contributed by atoms with Crippen LogP contribution in [0.4, 0.5) is 5.69 Å². The van der Waals surface area contributed by atoms with Crippen LogP contribution in [0.5, 0.6) is 0 Å². The van der Waals surface area contributed by atoms with Crippen molar-refractivity contribution in [1.29, 1.82) is 0 Å². The molecular formula is C19H21N5OS. The lowest BCUT2D eigenvalue weighted by Gasteiger charge is -2.31. The van der Waals surface area contributed by atoms with E-state index >= 15 is 0 Å². The summed E-state index contributed by atoms with van der Waals surface area (Å²) in [6.07, 6.45) is 5.54. The van der Waals surface area contributed by atoms with Gasteiger partial charge in [-0.25, -0.2) is 4.98 Å². The second kappa shape index (κ2) is 7.80. The lowest BCUT2D eigenvalue weighted by molar-refractivity contribution is -0.121. The molecule has 0 aliphatic carbocycles. The largest absolute Gasteiger partial charge is 0.326 e. The van der Waals surface area contributed by atoms with E-state index in [1.54, 1.807) is 17.5 Å². The number of carbonyl (C=O) groups excluding carboxylic acids is 1. The summed E-state index contributed by atoms with van der Waals surface area (Å²) in [6, 6.07) is 9.76.